The zero-order chi connectivity index (χ0) is 15.1. The van der Waals surface area contributed by atoms with Gasteiger partial charge in [0.15, 0.2) is 0 Å². The van der Waals surface area contributed by atoms with Crippen molar-refractivity contribution in [3.63, 3.8) is 0 Å². The van der Waals surface area contributed by atoms with E-state index in [-0.39, 0.29) is 0 Å². The molecule has 0 saturated carbocycles. The third-order valence-electron chi connectivity index (χ3n) is 3.71. The van der Waals surface area contributed by atoms with Crippen molar-refractivity contribution in [2.45, 2.75) is 44.4 Å². The quantitative estimate of drug-likeness (QED) is 0.564. The third-order valence-corrected chi connectivity index (χ3v) is 4.75. The van der Waals surface area contributed by atoms with Gasteiger partial charge in [0.25, 0.3) is 0 Å². The first kappa shape index (κ1) is 16.1. The van der Waals surface area contributed by atoms with Crippen molar-refractivity contribution in [2.24, 2.45) is 0 Å². The lowest BCUT2D eigenvalue weighted by molar-refractivity contribution is 0.673. The Kier molecular flexibility index (Phi) is 6.34. The molecule has 2 heteroatoms. The van der Waals surface area contributed by atoms with E-state index in [0.717, 1.165) is 18.8 Å². The Balaban J connectivity index is 1.95. The highest BCUT2D eigenvalue weighted by atomic mass is 32.2. The Hall–Kier alpha value is -1.25. The molecule has 0 heterocycles. The fourth-order valence-corrected chi connectivity index (χ4v) is 3.36. The second kappa shape index (κ2) is 8.26. The first-order valence-corrected chi connectivity index (χ1v) is 8.67. The predicted molar refractivity (Wildman–Crippen MR) is 93.9 cm³/mol. The summed E-state index contributed by atoms with van der Waals surface area (Å²) >= 11 is 1.92. The van der Waals surface area contributed by atoms with E-state index >= 15 is 0 Å². The third kappa shape index (κ3) is 4.90. The van der Waals surface area contributed by atoms with Crippen LogP contribution >= 0.6 is 11.8 Å². The van der Waals surface area contributed by atoms with Crippen molar-refractivity contribution in [1.29, 1.82) is 0 Å². The zero-order valence-electron chi connectivity index (χ0n) is 13.3. The van der Waals surface area contributed by atoms with E-state index < -0.39 is 0 Å². The smallest absolute Gasteiger partial charge is 0.0234 e. The van der Waals surface area contributed by atoms with Gasteiger partial charge in [-0.2, -0.15) is 0 Å². The molecule has 21 heavy (non-hydrogen) atoms. The van der Waals surface area contributed by atoms with Gasteiger partial charge in [0.1, 0.15) is 0 Å². The van der Waals surface area contributed by atoms with Gasteiger partial charge < -0.3 is 5.32 Å². The van der Waals surface area contributed by atoms with E-state index in [1.165, 1.54) is 33.6 Å². The van der Waals surface area contributed by atoms with Crippen LogP contribution in [0.3, 0.4) is 0 Å². The van der Waals surface area contributed by atoms with Gasteiger partial charge in [0.2, 0.25) is 0 Å². The Morgan fingerprint density at radius 1 is 0.952 bits per heavy atom. The number of thioether (sulfide) groups is 1. The van der Waals surface area contributed by atoms with Gasteiger partial charge in [-0.15, -0.1) is 11.8 Å². The molecule has 0 radical (unpaired) electrons. The summed E-state index contributed by atoms with van der Waals surface area (Å²) < 4.78 is 0. The largest absolute Gasteiger partial charge is 0.313 e. The number of hydrogen-bond donors (Lipinski definition) is 1. The summed E-state index contributed by atoms with van der Waals surface area (Å²) in [6.45, 7) is 8.65. The fourth-order valence-electron chi connectivity index (χ4n) is 2.29. The average Bonchev–Trinajstić information content (AvgIpc) is 2.49. The van der Waals surface area contributed by atoms with Crippen LogP contribution < -0.4 is 5.32 Å². The number of nitrogens with one attached hydrogen (secondary N) is 1. The fraction of sp³-hybridized carbons (Fsp3) is 0.368. The molecule has 0 aliphatic heterocycles. The van der Waals surface area contributed by atoms with Crippen LogP contribution in [-0.2, 0) is 12.3 Å². The van der Waals surface area contributed by atoms with E-state index in [0.29, 0.717) is 0 Å². The van der Waals surface area contributed by atoms with Crippen LogP contribution in [-0.4, -0.2) is 6.54 Å². The predicted octanol–water partition coefficient (Wildman–Crippen LogP) is 5.10. The van der Waals surface area contributed by atoms with Crippen LogP contribution in [0.4, 0.5) is 0 Å². The Morgan fingerprint density at radius 2 is 1.76 bits per heavy atom. The van der Waals surface area contributed by atoms with Gasteiger partial charge in [-0.25, -0.2) is 0 Å². The van der Waals surface area contributed by atoms with E-state index in [2.05, 4.69) is 68.6 Å². The normalized spacial score (nSPS) is 10.8. The highest BCUT2D eigenvalue weighted by molar-refractivity contribution is 7.98. The molecule has 0 aromatic heterocycles. The molecule has 0 saturated heterocycles. The molecule has 2 rings (SSSR count). The number of rotatable bonds is 7. The topological polar surface area (TPSA) is 12.0 Å². The molecule has 0 spiro atoms. The van der Waals surface area contributed by atoms with Crippen molar-refractivity contribution in [3.05, 3.63) is 64.7 Å². The van der Waals surface area contributed by atoms with Crippen LogP contribution in [0.2, 0.25) is 0 Å². The lowest BCUT2D eigenvalue weighted by Gasteiger charge is -2.10. The zero-order valence-corrected chi connectivity index (χ0v) is 14.1. The lowest BCUT2D eigenvalue weighted by atomic mass is 10.1. The van der Waals surface area contributed by atoms with Gasteiger partial charge >= 0.3 is 0 Å². The molecule has 0 aliphatic rings. The minimum absolute atomic E-state index is 0.975. The monoisotopic (exact) mass is 299 g/mol. The van der Waals surface area contributed by atoms with Crippen LogP contribution in [0, 0.1) is 13.8 Å². The Morgan fingerprint density at radius 3 is 2.48 bits per heavy atom. The van der Waals surface area contributed by atoms with Crippen LogP contribution in [0.5, 0.6) is 0 Å². The van der Waals surface area contributed by atoms with Crippen molar-refractivity contribution in [1.82, 2.24) is 5.32 Å². The molecular weight excluding hydrogens is 274 g/mol. The molecule has 0 unspecified atom stereocenters. The van der Waals surface area contributed by atoms with Crippen LogP contribution in [0.1, 0.15) is 35.6 Å². The van der Waals surface area contributed by atoms with Crippen molar-refractivity contribution < 1.29 is 0 Å². The summed E-state index contributed by atoms with van der Waals surface area (Å²) in [5, 5.41) is 3.47. The Bertz CT molecular complexity index is 578. The van der Waals surface area contributed by atoms with Crippen molar-refractivity contribution >= 4 is 11.8 Å². The van der Waals surface area contributed by atoms with Gasteiger partial charge in [-0.3, -0.25) is 0 Å². The molecule has 1 N–H and O–H groups in total. The molecule has 2 aromatic rings. The minimum Gasteiger partial charge on any atom is -0.313 e. The summed E-state index contributed by atoms with van der Waals surface area (Å²) in [6, 6.07) is 15.5. The maximum Gasteiger partial charge on any atom is 0.0234 e. The molecule has 0 aliphatic carbocycles. The van der Waals surface area contributed by atoms with Gasteiger partial charge in [-0.1, -0.05) is 37.3 Å². The molecule has 0 fully saturated rings. The van der Waals surface area contributed by atoms with Crippen molar-refractivity contribution in [3.8, 4) is 0 Å². The second-order valence-electron chi connectivity index (χ2n) is 5.48. The van der Waals surface area contributed by atoms with Crippen LogP contribution in [0.15, 0.2) is 47.4 Å². The number of aryl methyl sites for hydroxylation is 2. The molecule has 1 nitrogen and oxygen atoms in total. The van der Waals surface area contributed by atoms with E-state index in [4.69, 9.17) is 0 Å². The Labute approximate surface area is 133 Å². The maximum absolute atomic E-state index is 3.47. The molecular formula is C19H25NS. The summed E-state index contributed by atoms with van der Waals surface area (Å²) in [7, 11) is 0. The van der Waals surface area contributed by atoms with Crippen molar-refractivity contribution in [2.75, 3.05) is 6.54 Å². The van der Waals surface area contributed by atoms with E-state index in [1.54, 1.807) is 0 Å². The van der Waals surface area contributed by atoms with Gasteiger partial charge in [0.05, 0.1) is 0 Å². The molecule has 112 valence electrons. The summed E-state index contributed by atoms with van der Waals surface area (Å²) in [5.41, 5.74) is 5.59. The van der Waals surface area contributed by atoms with Crippen LogP contribution in [0.25, 0.3) is 0 Å². The van der Waals surface area contributed by atoms with E-state index in [9.17, 15) is 0 Å². The first-order chi connectivity index (χ1) is 10.2. The summed E-state index contributed by atoms with van der Waals surface area (Å²) in [5.74, 6) is 1.04. The SMILES string of the molecule is CCCNCc1ccc(SCc2ccccc2C)cc1C. The highest BCUT2D eigenvalue weighted by Gasteiger charge is 2.02. The molecule has 2 aromatic carbocycles. The lowest BCUT2D eigenvalue weighted by Crippen LogP contribution is -2.14. The summed E-state index contributed by atoms with van der Waals surface area (Å²) in [4.78, 5) is 1.36. The van der Waals surface area contributed by atoms with Gasteiger partial charge in [0, 0.05) is 17.2 Å². The summed E-state index contributed by atoms with van der Waals surface area (Å²) in [6.07, 6.45) is 1.18. The number of hydrogen-bond acceptors (Lipinski definition) is 2. The molecule has 0 amide bonds. The number of benzene rings is 2. The maximum atomic E-state index is 3.47. The molecule has 0 atom stereocenters. The van der Waals surface area contributed by atoms with Gasteiger partial charge in [-0.05, 0) is 61.2 Å². The second-order valence-corrected chi connectivity index (χ2v) is 6.53. The first-order valence-electron chi connectivity index (χ1n) is 7.68. The highest BCUT2D eigenvalue weighted by Crippen LogP contribution is 2.26. The average molecular weight is 299 g/mol. The van der Waals surface area contributed by atoms with E-state index in [1.807, 2.05) is 11.8 Å². The standard InChI is InChI=1S/C19H25NS/c1-4-11-20-13-17-9-10-19(12-16(17)3)21-14-18-8-6-5-7-15(18)2/h5-10,12,20H,4,11,13-14H2,1-3H3. The minimum atomic E-state index is 0.975. The molecule has 0 bridgehead atoms.